The van der Waals surface area contributed by atoms with Crippen molar-refractivity contribution in [1.82, 2.24) is 10.9 Å². The Morgan fingerprint density at radius 3 is 2.31 bits per heavy atom. The molecule has 0 aliphatic carbocycles. The van der Waals surface area contributed by atoms with Crippen molar-refractivity contribution < 1.29 is 9.59 Å². The Morgan fingerprint density at radius 2 is 1.81 bits per heavy atom. The summed E-state index contributed by atoms with van der Waals surface area (Å²) < 4.78 is 0. The molecule has 4 nitrogen and oxygen atoms in total. The number of rotatable bonds is 3. The van der Waals surface area contributed by atoms with Gasteiger partial charge in [0.05, 0.1) is 0 Å². The molecule has 2 amide bonds. The van der Waals surface area contributed by atoms with Gasteiger partial charge in [0.2, 0.25) is 0 Å². The lowest BCUT2D eigenvalue weighted by atomic mass is 10.1. The van der Waals surface area contributed by atoms with Gasteiger partial charge in [-0.15, -0.1) is 11.6 Å². The fraction of sp³-hybridized carbons (Fsp3) is 0.273. The summed E-state index contributed by atoms with van der Waals surface area (Å²) in [4.78, 5) is 22.3. The number of aryl methyl sites for hydroxylation is 1. The van der Waals surface area contributed by atoms with Gasteiger partial charge in [-0.1, -0.05) is 19.1 Å². The Balaban J connectivity index is 2.56. The average molecular weight is 241 g/mol. The van der Waals surface area contributed by atoms with Crippen LogP contribution in [0.15, 0.2) is 24.3 Å². The molecule has 1 aromatic carbocycles. The van der Waals surface area contributed by atoms with Crippen LogP contribution in [0.25, 0.3) is 0 Å². The van der Waals surface area contributed by atoms with E-state index >= 15 is 0 Å². The molecule has 5 heteroatoms. The van der Waals surface area contributed by atoms with E-state index in [0.29, 0.717) is 5.56 Å². The van der Waals surface area contributed by atoms with Crippen LogP contribution in [0.3, 0.4) is 0 Å². The van der Waals surface area contributed by atoms with Crippen LogP contribution in [0.5, 0.6) is 0 Å². The number of carbonyl (C=O) groups excluding carboxylic acids is 2. The van der Waals surface area contributed by atoms with Crippen molar-refractivity contribution in [2.24, 2.45) is 0 Å². The zero-order chi connectivity index (χ0) is 12.0. The molecule has 0 saturated carbocycles. The van der Waals surface area contributed by atoms with Crippen molar-refractivity contribution in [1.29, 1.82) is 0 Å². The molecule has 0 spiro atoms. The van der Waals surface area contributed by atoms with Crippen molar-refractivity contribution >= 4 is 23.4 Å². The molecular formula is C11H13ClN2O2. The number of hydrogen-bond donors (Lipinski definition) is 2. The number of nitrogens with one attached hydrogen (secondary N) is 2. The first-order valence-corrected chi connectivity index (χ1v) is 5.45. The summed E-state index contributed by atoms with van der Waals surface area (Å²) in [5.74, 6) is -0.990. The summed E-state index contributed by atoms with van der Waals surface area (Å²) in [6, 6.07) is 7.17. The number of alkyl halides is 1. The zero-order valence-electron chi connectivity index (χ0n) is 8.92. The van der Waals surface area contributed by atoms with Crippen molar-refractivity contribution in [3.63, 3.8) is 0 Å². The summed E-state index contributed by atoms with van der Waals surface area (Å²) in [6.45, 7) is 2.04. The van der Waals surface area contributed by atoms with Crippen LogP contribution >= 0.6 is 11.6 Å². The van der Waals surface area contributed by atoms with Crippen LogP contribution in [0.1, 0.15) is 22.8 Å². The van der Waals surface area contributed by atoms with Crippen LogP contribution in [-0.2, 0) is 11.2 Å². The van der Waals surface area contributed by atoms with Crippen LogP contribution in [-0.4, -0.2) is 17.7 Å². The summed E-state index contributed by atoms with van der Waals surface area (Å²) in [6.07, 6.45) is 0.922. The average Bonchev–Trinajstić information content (AvgIpc) is 2.35. The Labute approximate surface area is 99.0 Å². The molecule has 0 heterocycles. The molecular weight excluding hydrogens is 228 g/mol. The highest BCUT2D eigenvalue weighted by atomic mass is 35.5. The minimum absolute atomic E-state index is 0.185. The van der Waals surface area contributed by atoms with Crippen molar-refractivity contribution in [3.05, 3.63) is 35.4 Å². The van der Waals surface area contributed by atoms with Gasteiger partial charge in [0.15, 0.2) is 0 Å². The zero-order valence-corrected chi connectivity index (χ0v) is 9.67. The maximum Gasteiger partial charge on any atom is 0.269 e. The molecule has 0 aromatic heterocycles. The highest BCUT2D eigenvalue weighted by Gasteiger charge is 2.05. The molecule has 0 radical (unpaired) electrons. The summed E-state index contributed by atoms with van der Waals surface area (Å²) in [5.41, 5.74) is 6.10. The van der Waals surface area contributed by atoms with Crippen molar-refractivity contribution in [2.75, 3.05) is 5.88 Å². The van der Waals surface area contributed by atoms with Gasteiger partial charge >= 0.3 is 0 Å². The Bertz CT molecular complexity index is 376. The van der Waals surface area contributed by atoms with Crippen LogP contribution < -0.4 is 10.9 Å². The van der Waals surface area contributed by atoms with E-state index in [4.69, 9.17) is 11.6 Å². The van der Waals surface area contributed by atoms with E-state index < -0.39 is 5.91 Å². The minimum atomic E-state index is -0.444. The molecule has 0 aliphatic heterocycles. The van der Waals surface area contributed by atoms with E-state index in [1.165, 1.54) is 0 Å². The largest absolute Gasteiger partial charge is 0.272 e. The lowest BCUT2D eigenvalue weighted by molar-refractivity contribution is -0.119. The van der Waals surface area contributed by atoms with Gasteiger partial charge in [-0.2, -0.15) is 0 Å². The Morgan fingerprint density at radius 1 is 1.19 bits per heavy atom. The molecule has 0 bridgehead atoms. The van der Waals surface area contributed by atoms with E-state index in [1.54, 1.807) is 12.1 Å². The van der Waals surface area contributed by atoms with Crippen LogP contribution in [0, 0.1) is 0 Å². The smallest absolute Gasteiger partial charge is 0.269 e. The summed E-state index contributed by atoms with van der Waals surface area (Å²) in [5, 5.41) is 0. The number of carbonyl (C=O) groups is 2. The van der Waals surface area contributed by atoms with Crippen molar-refractivity contribution in [2.45, 2.75) is 13.3 Å². The van der Waals surface area contributed by atoms with Gasteiger partial charge in [-0.05, 0) is 24.1 Å². The highest BCUT2D eigenvalue weighted by Crippen LogP contribution is 2.04. The highest BCUT2D eigenvalue weighted by molar-refractivity contribution is 6.27. The molecule has 0 fully saturated rings. The Hall–Kier alpha value is -1.55. The molecule has 0 unspecified atom stereocenters. The van der Waals surface area contributed by atoms with E-state index in [2.05, 4.69) is 10.9 Å². The SMILES string of the molecule is CCc1ccc(C(=O)NNC(=O)CCl)cc1. The van der Waals surface area contributed by atoms with E-state index in [9.17, 15) is 9.59 Å². The quantitative estimate of drug-likeness (QED) is 0.617. The number of halogens is 1. The standard InChI is InChI=1S/C11H13ClN2O2/c1-2-8-3-5-9(6-4-8)11(16)14-13-10(15)7-12/h3-6H,2,7H2,1H3,(H,13,15)(H,14,16). The molecule has 1 aromatic rings. The van der Waals surface area contributed by atoms with Gasteiger partial charge in [-0.25, -0.2) is 0 Å². The van der Waals surface area contributed by atoms with Crippen LogP contribution in [0.4, 0.5) is 0 Å². The molecule has 1 rings (SSSR count). The maximum atomic E-state index is 11.5. The lowest BCUT2D eigenvalue weighted by Crippen LogP contribution is -2.42. The first-order valence-electron chi connectivity index (χ1n) is 4.91. The number of hydrogen-bond acceptors (Lipinski definition) is 2. The molecule has 16 heavy (non-hydrogen) atoms. The van der Waals surface area contributed by atoms with Gasteiger partial charge in [0.25, 0.3) is 11.8 Å². The number of amides is 2. The maximum absolute atomic E-state index is 11.5. The second-order valence-electron chi connectivity index (χ2n) is 3.19. The van der Waals surface area contributed by atoms with E-state index in [1.807, 2.05) is 19.1 Å². The number of hydrazine groups is 1. The first-order chi connectivity index (χ1) is 7.67. The first kappa shape index (κ1) is 12.5. The summed E-state index contributed by atoms with van der Waals surface area (Å²) >= 11 is 5.26. The third kappa shape index (κ3) is 3.55. The fourth-order valence-electron chi connectivity index (χ4n) is 1.12. The van der Waals surface area contributed by atoms with E-state index in [0.717, 1.165) is 12.0 Å². The molecule has 86 valence electrons. The predicted molar refractivity (Wildman–Crippen MR) is 62.1 cm³/mol. The third-order valence-electron chi connectivity index (χ3n) is 2.06. The lowest BCUT2D eigenvalue weighted by Gasteiger charge is -2.06. The molecule has 0 saturated heterocycles. The van der Waals surface area contributed by atoms with Crippen molar-refractivity contribution in [3.8, 4) is 0 Å². The van der Waals surface area contributed by atoms with Gasteiger partial charge < -0.3 is 0 Å². The summed E-state index contributed by atoms with van der Waals surface area (Å²) in [7, 11) is 0. The van der Waals surface area contributed by atoms with Crippen LogP contribution in [0.2, 0.25) is 0 Å². The molecule has 0 aliphatic rings. The third-order valence-corrected chi connectivity index (χ3v) is 2.30. The van der Waals surface area contributed by atoms with E-state index in [-0.39, 0.29) is 11.8 Å². The fourth-order valence-corrected chi connectivity index (χ4v) is 1.19. The second-order valence-corrected chi connectivity index (χ2v) is 3.45. The second kappa shape index (κ2) is 6.12. The Kier molecular flexibility index (Phi) is 4.79. The number of benzene rings is 1. The monoisotopic (exact) mass is 240 g/mol. The topological polar surface area (TPSA) is 58.2 Å². The molecule has 0 atom stereocenters. The minimum Gasteiger partial charge on any atom is -0.272 e. The van der Waals surface area contributed by atoms with Gasteiger partial charge in [-0.3, -0.25) is 20.4 Å². The van der Waals surface area contributed by atoms with Gasteiger partial charge in [0.1, 0.15) is 5.88 Å². The molecule has 2 N–H and O–H groups in total. The van der Waals surface area contributed by atoms with Gasteiger partial charge in [0, 0.05) is 5.56 Å². The normalized spacial score (nSPS) is 9.62. The predicted octanol–water partition coefficient (Wildman–Crippen LogP) is 1.25.